The second kappa shape index (κ2) is 7.02. The molecule has 0 bridgehead atoms. The Morgan fingerprint density at radius 2 is 1.55 bits per heavy atom. The van der Waals surface area contributed by atoms with Crippen LogP contribution in [-0.4, -0.2) is 18.6 Å². The molecule has 0 aliphatic rings. The van der Waals surface area contributed by atoms with Crippen LogP contribution in [0.1, 0.15) is 40.2 Å². The van der Waals surface area contributed by atoms with E-state index in [1.807, 2.05) is 34.6 Å². The van der Waals surface area contributed by atoms with E-state index in [2.05, 4.69) is 0 Å². The lowest BCUT2D eigenvalue weighted by atomic mass is 10.0. The average Bonchev–Trinajstić information content (AvgIpc) is 2.24. The fraction of sp³-hybridized carbons (Fsp3) is 0.625. The Morgan fingerprint density at radius 3 is 1.90 bits per heavy atom. The van der Waals surface area contributed by atoms with Gasteiger partial charge in [-0.05, 0) is 50.8 Å². The molecule has 0 saturated carbocycles. The van der Waals surface area contributed by atoms with Gasteiger partial charge in [-0.2, -0.15) is 0 Å². The van der Waals surface area contributed by atoms with Gasteiger partial charge in [0.1, 0.15) is 17.3 Å². The number of rotatable bonds is 6. The number of benzene rings is 1. The van der Waals surface area contributed by atoms with Crippen LogP contribution in [0.2, 0.25) is 0 Å². The van der Waals surface area contributed by atoms with Crippen LogP contribution < -0.4 is 10.6 Å². The van der Waals surface area contributed by atoms with Crippen molar-refractivity contribution >= 4 is 5.69 Å². The molecule has 1 aromatic carbocycles. The first kappa shape index (κ1) is 16.9. The summed E-state index contributed by atoms with van der Waals surface area (Å²) >= 11 is 0. The fourth-order valence-corrected chi connectivity index (χ4v) is 2.34. The molecule has 0 radical (unpaired) electrons. The van der Waals surface area contributed by atoms with Gasteiger partial charge in [0.15, 0.2) is 0 Å². The lowest BCUT2D eigenvalue weighted by Crippen LogP contribution is -2.35. The number of nitrogens with zero attached hydrogens (tertiary/aromatic N) is 1. The summed E-state index contributed by atoms with van der Waals surface area (Å²) in [6.07, 6.45) is 0.472. The Bertz CT molecular complexity index is 419. The van der Waals surface area contributed by atoms with E-state index in [9.17, 15) is 8.78 Å². The molecule has 0 saturated heterocycles. The van der Waals surface area contributed by atoms with Gasteiger partial charge in [-0.3, -0.25) is 0 Å². The molecule has 0 heterocycles. The third-order valence-electron chi connectivity index (χ3n) is 3.11. The first-order chi connectivity index (χ1) is 9.22. The van der Waals surface area contributed by atoms with E-state index >= 15 is 0 Å². The maximum atomic E-state index is 14.3. The van der Waals surface area contributed by atoms with E-state index in [0.717, 1.165) is 0 Å². The summed E-state index contributed by atoms with van der Waals surface area (Å²) in [5.74, 6) is -0.676. The van der Waals surface area contributed by atoms with Crippen LogP contribution in [0.3, 0.4) is 0 Å². The Morgan fingerprint density at radius 1 is 1.05 bits per heavy atom. The quantitative estimate of drug-likeness (QED) is 0.862. The molecular weight excluding hydrogens is 258 g/mol. The maximum Gasteiger partial charge on any atom is 0.149 e. The first-order valence-electron chi connectivity index (χ1n) is 7.22. The third-order valence-corrected chi connectivity index (χ3v) is 3.11. The molecule has 1 unspecified atom stereocenters. The molecule has 1 rings (SSSR count). The maximum absolute atomic E-state index is 14.3. The van der Waals surface area contributed by atoms with Gasteiger partial charge in [0.2, 0.25) is 0 Å². The van der Waals surface area contributed by atoms with Gasteiger partial charge < -0.3 is 10.6 Å². The zero-order valence-electron chi connectivity index (χ0n) is 13.1. The second-order valence-electron chi connectivity index (χ2n) is 6.23. The van der Waals surface area contributed by atoms with E-state index < -0.39 is 11.6 Å². The summed E-state index contributed by atoms with van der Waals surface area (Å²) in [6, 6.07) is 2.73. The van der Waals surface area contributed by atoms with Gasteiger partial charge in [0.05, 0.1) is 0 Å². The normalized spacial score (nSPS) is 13.1. The molecule has 1 aromatic rings. The molecule has 0 aliphatic heterocycles. The van der Waals surface area contributed by atoms with E-state index in [1.54, 1.807) is 4.90 Å². The third kappa shape index (κ3) is 4.44. The lowest BCUT2D eigenvalue weighted by molar-refractivity contribution is 0.521. The minimum Gasteiger partial charge on any atom is -0.364 e. The molecule has 4 heteroatoms. The van der Waals surface area contributed by atoms with Crippen molar-refractivity contribution in [2.45, 2.75) is 53.1 Å². The molecule has 0 aromatic heterocycles. The molecule has 20 heavy (non-hydrogen) atoms. The highest BCUT2D eigenvalue weighted by Crippen LogP contribution is 2.28. The minimum atomic E-state index is -0.505. The van der Waals surface area contributed by atoms with E-state index in [1.165, 1.54) is 12.1 Å². The summed E-state index contributed by atoms with van der Waals surface area (Å²) in [6.45, 7) is 10.4. The van der Waals surface area contributed by atoms with Gasteiger partial charge in [-0.15, -0.1) is 0 Å². The van der Waals surface area contributed by atoms with Crippen LogP contribution in [0, 0.1) is 17.6 Å². The van der Waals surface area contributed by atoms with E-state index in [4.69, 9.17) is 5.73 Å². The first-order valence-corrected chi connectivity index (χ1v) is 7.22. The molecular formula is C16H26F2N2. The summed E-state index contributed by atoms with van der Waals surface area (Å²) in [5.41, 5.74) is 6.36. The standard InChI is InChI=1S/C16H26F2N2/c1-10(2)9-20(11(3)4)16-14(17)7-13(6-12(5)19)8-15(16)18/h7-8,10-12H,6,9,19H2,1-5H3. The van der Waals surface area contributed by atoms with Crippen molar-refractivity contribution in [1.82, 2.24) is 0 Å². The van der Waals surface area contributed by atoms with Crippen LogP contribution >= 0.6 is 0 Å². The zero-order chi connectivity index (χ0) is 15.4. The Balaban J connectivity index is 3.16. The van der Waals surface area contributed by atoms with Crippen molar-refractivity contribution in [3.63, 3.8) is 0 Å². The molecule has 2 N–H and O–H groups in total. The highest BCUT2D eigenvalue weighted by Gasteiger charge is 2.21. The summed E-state index contributed by atoms with van der Waals surface area (Å²) in [7, 11) is 0. The molecule has 114 valence electrons. The van der Waals surface area contributed by atoms with Crippen LogP contribution in [0.4, 0.5) is 14.5 Å². The molecule has 1 atom stereocenters. The highest BCUT2D eigenvalue weighted by molar-refractivity contribution is 5.51. The number of nitrogens with two attached hydrogens (primary N) is 1. The number of anilines is 1. The van der Waals surface area contributed by atoms with Crippen molar-refractivity contribution < 1.29 is 8.78 Å². The van der Waals surface area contributed by atoms with Gasteiger partial charge in [-0.25, -0.2) is 8.78 Å². The van der Waals surface area contributed by atoms with Crippen molar-refractivity contribution in [2.75, 3.05) is 11.4 Å². The Kier molecular flexibility index (Phi) is 5.93. The van der Waals surface area contributed by atoms with E-state index in [0.29, 0.717) is 24.4 Å². The topological polar surface area (TPSA) is 29.3 Å². The number of halogens is 2. The van der Waals surface area contributed by atoms with Crippen molar-refractivity contribution in [3.8, 4) is 0 Å². The molecule has 0 amide bonds. The molecule has 0 aliphatic carbocycles. The lowest BCUT2D eigenvalue weighted by Gasteiger charge is -2.31. The summed E-state index contributed by atoms with van der Waals surface area (Å²) in [5, 5.41) is 0. The summed E-state index contributed by atoms with van der Waals surface area (Å²) in [4.78, 5) is 1.78. The van der Waals surface area contributed by atoms with Crippen molar-refractivity contribution in [2.24, 2.45) is 11.7 Å². The zero-order valence-corrected chi connectivity index (χ0v) is 13.1. The molecule has 2 nitrogen and oxygen atoms in total. The van der Waals surface area contributed by atoms with Crippen LogP contribution in [0.5, 0.6) is 0 Å². The van der Waals surface area contributed by atoms with E-state index in [-0.39, 0.29) is 17.8 Å². The predicted octanol–water partition coefficient (Wildman–Crippen LogP) is 3.73. The van der Waals surface area contributed by atoms with Crippen LogP contribution in [-0.2, 0) is 6.42 Å². The second-order valence-corrected chi connectivity index (χ2v) is 6.23. The highest BCUT2D eigenvalue weighted by atomic mass is 19.1. The van der Waals surface area contributed by atoms with Crippen LogP contribution in [0.25, 0.3) is 0 Å². The predicted molar refractivity (Wildman–Crippen MR) is 81.0 cm³/mol. The average molecular weight is 284 g/mol. The Labute approximate surface area is 121 Å². The summed E-state index contributed by atoms with van der Waals surface area (Å²) < 4.78 is 28.6. The van der Waals surface area contributed by atoms with Gasteiger partial charge in [0, 0.05) is 18.6 Å². The minimum absolute atomic E-state index is 0.0423. The Hall–Kier alpha value is -1.16. The molecule has 0 spiro atoms. The smallest absolute Gasteiger partial charge is 0.149 e. The van der Waals surface area contributed by atoms with Gasteiger partial charge >= 0.3 is 0 Å². The van der Waals surface area contributed by atoms with Gasteiger partial charge in [0.25, 0.3) is 0 Å². The number of hydrogen-bond acceptors (Lipinski definition) is 2. The SMILES string of the molecule is CC(C)CN(c1c(F)cc(CC(C)N)cc1F)C(C)C. The van der Waals surface area contributed by atoms with Gasteiger partial charge in [-0.1, -0.05) is 13.8 Å². The van der Waals surface area contributed by atoms with Crippen molar-refractivity contribution in [1.29, 1.82) is 0 Å². The fourth-order valence-electron chi connectivity index (χ4n) is 2.34. The largest absolute Gasteiger partial charge is 0.364 e. The van der Waals surface area contributed by atoms with Crippen LogP contribution in [0.15, 0.2) is 12.1 Å². The molecule has 0 fully saturated rings. The van der Waals surface area contributed by atoms with Crippen molar-refractivity contribution in [3.05, 3.63) is 29.3 Å². The monoisotopic (exact) mass is 284 g/mol. The number of hydrogen-bond donors (Lipinski definition) is 1.